The maximum absolute atomic E-state index is 14.0. The van der Waals surface area contributed by atoms with Crippen LogP contribution in [-0.4, -0.2) is 47.9 Å². The number of amides is 3. The monoisotopic (exact) mass is 472 g/mol. The van der Waals surface area contributed by atoms with Crippen LogP contribution >= 0.6 is 0 Å². The van der Waals surface area contributed by atoms with Gasteiger partial charge in [0.1, 0.15) is 6.04 Å². The van der Waals surface area contributed by atoms with E-state index in [0.29, 0.717) is 19.6 Å². The first-order chi connectivity index (χ1) is 17.0. The van der Waals surface area contributed by atoms with Gasteiger partial charge in [-0.25, -0.2) is 0 Å². The number of nitrogens with one attached hydrogen (secondary N) is 1. The van der Waals surface area contributed by atoms with E-state index in [2.05, 4.69) is 29.6 Å². The van der Waals surface area contributed by atoms with E-state index < -0.39 is 17.9 Å². The van der Waals surface area contributed by atoms with Crippen LogP contribution in [0.1, 0.15) is 67.2 Å². The van der Waals surface area contributed by atoms with Gasteiger partial charge in [0.05, 0.1) is 17.9 Å². The van der Waals surface area contributed by atoms with E-state index in [1.54, 1.807) is 0 Å². The number of ether oxygens (including phenoxy) is 1. The first kappa shape index (κ1) is 22.5. The molecule has 0 aromatic heterocycles. The first-order valence-corrected chi connectivity index (χ1v) is 12.9. The minimum atomic E-state index is -0.798. The van der Waals surface area contributed by atoms with Crippen LogP contribution in [0, 0.1) is 17.8 Å². The summed E-state index contributed by atoms with van der Waals surface area (Å²) in [6.45, 7) is 5.17. The lowest BCUT2D eigenvalue weighted by atomic mass is 9.55. The molecule has 2 bridgehead atoms. The van der Waals surface area contributed by atoms with Crippen LogP contribution < -0.4 is 5.32 Å². The molecular formula is C29H32N2O4. The van der Waals surface area contributed by atoms with Gasteiger partial charge in [-0.15, -0.1) is 0 Å². The Morgan fingerprint density at radius 3 is 1.89 bits per heavy atom. The molecule has 1 N–H and O–H groups in total. The molecule has 0 radical (unpaired) electrons. The average molecular weight is 473 g/mol. The zero-order chi connectivity index (χ0) is 24.3. The summed E-state index contributed by atoms with van der Waals surface area (Å²) in [5.41, 5.74) is 4.57. The van der Waals surface area contributed by atoms with Crippen molar-refractivity contribution in [1.82, 2.24) is 10.2 Å². The van der Waals surface area contributed by atoms with E-state index in [1.165, 1.54) is 4.90 Å². The molecule has 4 atom stereocenters. The topological polar surface area (TPSA) is 75.7 Å². The van der Waals surface area contributed by atoms with Crippen molar-refractivity contribution in [2.24, 2.45) is 17.8 Å². The molecular weight excluding hydrogens is 440 g/mol. The molecule has 2 aliphatic heterocycles. The fourth-order valence-corrected chi connectivity index (χ4v) is 6.92. The summed E-state index contributed by atoms with van der Waals surface area (Å²) in [5.74, 6) is -1.73. The van der Waals surface area contributed by atoms with E-state index >= 15 is 0 Å². The van der Waals surface area contributed by atoms with Crippen molar-refractivity contribution in [2.45, 2.75) is 57.1 Å². The number of carbonyl (C=O) groups excluding carboxylic acids is 3. The fraction of sp³-hybridized carbons (Fsp3) is 0.483. The Labute approximate surface area is 206 Å². The summed E-state index contributed by atoms with van der Waals surface area (Å²) < 4.78 is 5.65. The van der Waals surface area contributed by atoms with Gasteiger partial charge in [-0.2, -0.15) is 0 Å². The van der Waals surface area contributed by atoms with Crippen LogP contribution in [-0.2, 0) is 19.1 Å². The van der Waals surface area contributed by atoms with Crippen molar-refractivity contribution in [1.29, 1.82) is 0 Å². The van der Waals surface area contributed by atoms with Crippen LogP contribution in [0.25, 0.3) is 0 Å². The van der Waals surface area contributed by atoms with Gasteiger partial charge in [0.25, 0.3) is 0 Å². The maximum atomic E-state index is 14.0. The summed E-state index contributed by atoms with van der Waals surface area (Å²) in [7, 11) is 0. The van der Waals surface area contributed by atoms with Gasteiger partial charge < -0.3 is 10.1 Å². The Hall–Kier alpha value is -2.99. The summed E-state index contributed by atoms with van der Waals surface area (Å²) >= 11 is 0. The molecule has 2 aromatic carbocycles. The molecule has 6 heteroatoms. The van der Waals surface area contributed by atoms with Gasteiger partial charge in [-0.3, -0.25) is 19.3 Å². The number of carbonyl (C=O) groups is 3. The zero-order valence-electron chi connectivity index (χ0n) is 20.3. The van der Waals surface area contributed by atoms with Gasteiger partial charge in [-0.1, -0.05) is 62.4 Å². The quantitative estimate of drug-likeness (QED) is 0.652. The molecule has 0 saturated carbocycles. The van der Waals surface area contributed by atoms with Crippen molar-refractivity contribution in [2.75, 3.05) is 13.2 Å². The molecule has 3 aliphatic carbocycles. The molecule has 2 aromatic rings. The van der Waals surface area contributed by atoms with Crippen LogP contribution in [0.3, 0.4) is 0 Å². The van der Waals surface area contributed by atoms with E-state index in [0.717, 1.165) is 35.1 Å². The molecule has 0 spiro atoms. The highest BCUT2D eigenvalue weighted by Crippen LogP contribution is 2.61. The first-order valence-electron chi connectivity index (χ1n) is 12.9. The summed E-state index contributed by atoms with van der Waals surface area (Å²) in [5, 5.41) is 2.99. The largest absolute Gasteiger partial charge is 0.376 e. The van der Waals surface area contributed by atoms with Crippen LogP contribution in [0.15, 0.2) is 48.5 Å². The highest BCUT2D eigenvalue weighted by molar-refractivity contribution is 6.10. The summed E-state index contributed by atoms with van der Waals surface area (Å²) in [4.78, 5) is 42.8. The Kier molecular flexibility index (Phi) is 5.52. The van der Waals surface area contributed by atoms with Gasteiger partial charge in [0.15, 0.2) is 0 Å². The number of rotatable bonds is 6. The third kappa shape index (κ3) is 3.45. The number of benzene rings is 2. The lowest BCUT2D eigenvalue weighted by Crippen LogP contribution is -2.51. The smallest absolute Gasteiger partial charge is 0.243 e. The SMILES string of the molecule is CC(C)C[C@H](C(=O)NC[C@@H]1CCCO1)N1C(=O)[C@@H]2C3c4ccccc4C(c4ccccc43)[C@H]2C1=O. The third-order valence-electron chi connectivity index (χ3n) is 8.32. The molecule has 2 heterocycles. The predicted molar refractivity (Wildman–Crippen MR) is 131 cm³/mol. The highest BCUT2D eigenvalue weighted by atomic mass is 16.5. The van der Waals surface area contributed by atoms with E-state index in [9.17, 15) is 14.4 Å². The van der Waals surface area contributed by atoms with Gasteiger partial charge in [0, 0.05) is 25.0 Å². The molecule has 182 valence electrons. The van der Waals surface area contributed by atoms with Crippen molar-refractivity contribution in [3.63, 3.8) is 0 Å². The number of nitrogens with zero attached hydrogens (tertiary/aromatic N) is 1. The lowest BCUT2D eigenvalue weighted by molar-refractivity contribution is -0.148. The van der Waals surface area contributed by atoms with Crippen molar-refractivity contribution in [3.05, 3.63) is 70.8 Å². The molecule has 0 unspecified atom stereocenters. The predicted octanol–water partition coefficient (Wildman–Crippen LogP) is 3.59. The standard InChI is InChI=1S/C29H32N2O4/c1-16(2)14-22(27(32)30-15-17-8-7-13-35-17)31-28(33)25-23-18-9-3-4-10-19(18)24(26(25)29(31)34)21-12-6-5-11-20(21)23/h3-6,9-12,16-17,22-26H,7-8,13-15H2,1-2H3,(H,30,32)/t17-,22+,23?,24?,25+,26+/m0/s1. The number of imide groups is 1. The fourth-order valence-electron chi connectivity index (χ4n) is 6.92. The third-order valence-corrected chi connectivity index (χ3v) is 8.32. The van der Waals surface area contributed by atoms with Crippen LogP contribution in [0.4, 0.5) is 0 Å². The second kappa shape index (κ2) is 8.59. The molecule has 2 saturated heterocycles. The van der Waals surface area contributed by atoms with Gasteiger partial charge in [0.2, 0.25) is 17.7 Å². The Morgan fingerprint density at radius 2 is 1.46 bits per heavy atom. The minimum absolute atomic E-state index is 0.00561. The average Bonchev–Trinajstić information content (AvgIpc) is 3.48. The summed E-state index contributed by atoms with van der Waals surface area (Å²) in [6, 6.07) is 15.6. The second-order valence-corrected chi connectivity index (χ2v) is 10.8. The Bertz CT molecular complexity index is 1070. The van der Waals surface area contributed by atoms with Crippen LogP contribution in [0.5, 0.6) is 0 Å². The lowest BCUT2D eigenvalue weighted by Gasteiger charge is -2.45. The number of hydrogen-bond donors (Lipinski definition) is 1. The Balaban J connectivity index is 1.36. The zero-order valence-corrected chi connectivity index (χ0v) is 20.3. The van der Waals surface area contributed by atoms with E-state index in [-0.39, 0.29) is 41.6 Å². The second-order valence-electron chi connectivity index (χ2n) is 10.8. The van der Waals surface area contributed by atoms with Crippen LogP contribution in [0.2, 0.25) is 0 Å². The number of hydrogen-bond acceptors (Lipinski definition) is 4. The van der Waals surface area contributed by atoms with Crippen molar-refractivity contribution >= 4 is 17.7 Å². The maximum Gasteiger partial charge on any atom is 0.243 e. The molecule has 3 amide bonds. The number of likely N-dealkylation sites (tertiary alicyclic amines) is 1. The van der Waals surface area contributed by atoms with Crippen molar-refractivity contribution < 1.29 is 19.1 Å². The highest BCUT2D eigenvalue weighted by Gasteiger charge is 2.63. The van der Waals surface area contributed by atoms with Crippen molar-refractivity contribution in [3.8, 4) is 0 Å². The van der Waals surface area contributed by atoms with E-state index in [1.807, 2.05) is 38.1 Å². The molecule has 5 aliphatic rings. The molecule has 6 nitrogen and oxygen atoms in total. The normalized spacial score (nSPS) is 29.2. The Morgan fingerprint density at radius 1 is 0.943 bits per heavy atom. The molecule has 2 fully saturated rings. The molecule has 7 rings (SSSR count). The van der Waals surface area contributed by atoms with Gasteiger partial charge >= 0.3 is 0 Å². The van der Waals surface area contributed by atoms with Gasteiger partial charge in [-0.05, 0) is 47.4 Å². The molecule has 35 heavy (non-hydrogen) atoms. The summed E-state index contributed by atoms with van der Waals surface area (Å²) in [6.07, 6.45) is 2.36. The minimum Gasteiger partial charge on any atom is -0.376 e. The van der Waals surface area contributed by atoms with E-state index in [4.69, 9.17) is 4.74 Å².